The summed E-state index contributed by atoms with van der Waals surface area (Å²) in [6, 6.07) is 3.60. The molecule has 12 heteroatoms. The summed E-state index contributed by atoms with van der Waals surface area (Å²) in [4.78, 5) is 29.0. The van der Waals surface area contributed by atoms with Gasteiger partial charge >= 0.3 is 0 Å². The first-order valence-corrected chi connectivity index (χ1v) is 10.4. The van der Waals surface area contributed by atoms with Crippen LogP contribution in [0.15, 0.2) is 24.5 Å². The zero-order valence-electron chi connectivity index (χ0n) is 17.1. The van der Waals surface area contributed by atoms with Gasteiger partial charge < -0.3 is 9.80 Å². The number of carbonyl (C=O) groups excluding carboxylic acids is 2. The van der Waals surface area contributed by atoms with E-state index in [0.29, 0.717) is 50.4 Å². The average Bonchev–Trinajstić information content (AvgIpc) is 3.54. The van der Waals surface area contributed by atoms with Gasteiger partial charge in [0.1, 0.15) is 12.9 Å². The van der Waals surface area contributed by atoms with Crippen LogP contribution in [0.1, 0.15) is 28.2 Å². The van der Waals surface area contributed by atoms with Gasteiger partial charge in [0.2, 0.25) is 5.91 Å². The van der Waals surface area contributed by atoms with E-state index in [-0.39, 0.29) is 18.4 Å². The first kappa shape index (κ1) is 20.2. The van der Waals surface area contributed by atoms with Crippen molar-refractivity contribution in [1.29, 1.82) is 0 Å². The molecule has 1 aliphatic heterocycles. The van der Waals surface area contributed by atoms with E-state index in [4.69, 9.17) is 0 Å². The van der Waals surface area contributed by atoms with Gasteiger partial charge in [-0.3, -0.25) is 9.59 Å². The molecule has 3 heterocycles. The molecule has 2 aliphatic rings. The molecule has 0 bridgehead atoms. The lowest BCUT2D eigenvalue weighted by molar-refractivity contribution is -0.133. The molecule has 0 radical (unpaired) electrons. The van der Waals surface area contributed by atoms with E-state index in [2.05, 4.69) is 20.6 Å². The summed E-state index contributed by atoms with van der Waals surface area (Å²) in [7, 11) is 0. The molecule has 1 saturated heterocycles. The minimum absolute atomic E-state index is 0.0487. The molecule has 0 saturated carbocycles. The van der Waals surface area contributed by atoms with E-state index in [1.165, 1.54) is 17.1 Å². The van der Waals surface area contributed by atoms with Crippen molar-refractivity contribution in [2.24, 2.45) is 0 Å². The van der Waals surface area contributed by atoms with Crippen molar-refractivity contribution in [2.75, 3.05) is 26.2 Å². The molecular formula is C20H20F2N8O2. The Morgan fingerprint density at radius 2 is 1.78 bits per heavy atom. The average molecular weight is 442 g/mol. The Balaban J connectivity index is 1.31. The number of fused-ring (bicyclic) bond motifs is 1. The van der Waals surface area contributed by atoms with Crippen LogP contribution in [0.3, 0.4) is 0 Å². The van der Waals surface area contributed by atoms with Gasteiger partial charge in [-0.05, 0) is 41.8 Å². The van der Waals surface area contributed by atoms with Crippen LogP contribution in [-0.4, -0.2) is 77.8 Å². The van der Waals surface area contributed by atoms with E-state index in [9.17, 15) is 18.4 Å². The van der Waals surface area contributed by atoms with Gasteiger partial charge in [-0.25, -0.2) is 18.1 Å². The summed E-state index contributed by atoms with van der Waals surface area (Å²) in [5.74, 6) is -2.22. The number of hydrogen-bond acceptors (Lipinski definition) is 6. The van der Waals surface area contributed by atoms with Crippen LogP contribution in [-0.2, 0) is 24.2 Å². The molecule has 1 aliphatic carbocycles. The van der Waals surface area contributed by atoms with Gasteiger partial charge in [0.05, 0.1) is 5.69 Å². The highest BCUT2D eigenvalue weighted by molar-refractivity contribution is 5.94. The summed E-state index contributed by atoms with van der Waals surface area (Å²) in [6.07, 6.45) is 3.68. The predicted octanol–water partition coefficient (Wildman–Crippen LogP) is 0.610. The van der Waals surface area contributed by atoms with Crippen molar-refractivity contribution in [1.82, 2.24) is 39.8 Å². The molecule has 10 nitrogen and oxygen atoms in total. The minimum atomic E-state index is -0.958. The molecule has 0 atom stereocenters. The Labute approximate surface area is 181 Å². The van der Waals surface area contributed by atoms with Gasteiger partial charge in [-0.15, -0.1) is 5.10 Å². The predicted molar refractivity (Wildman–Crippen MR) is 106 cm³/mol. The third-order valence-corrected chi connectivity index (χ3v) is 5.89. The van der Waals surface area contributed by atoms with E-state index in [1.54, 1.807) is 14.5 Å². The lowest BCUT2D eigenvalue weighted by Gasteiger charge is -2.34. The zero-order chi connectivity index (χ0) is 22.2. The normalized spacial score (nSPS) is 15.8. The van der Waals surface area contributed by atoms with Crippen LogP contribution < -0.4 is 0 Å². The Kier molecular flexibility index (Phi) is 5.11. The van der Waals surface area contributed by atoms with Gasteiger partial charge in [0.25, 0.3) is 5.91 Å². The summed E-state index contributed by atoms with van der Waals surface area (Å²) in [5.41, 5.74) is 2.45. The van der Waals surface area contributed by atoms with Crippen LogP contribution in [0, 0.1) is 11.6 Å². The van der Waals surface area contributed by atoms with Crippen molar-refractivity contribution in [3.8, 4) is 5.69 Å². The summed E-state index contributed by atoms with van der Waals surface area (Å²) in [5, 5.41) is 15.2. The zero-order valence-corrected chi connectivity index (χ0v) is 17.1. The molecule has 3 aromatic rings. The molecule has 2 aromatic heterocycles. The van der Waals surface area contributed by atoms with Crippen LogP contribution >= 0.6 is 0 Å². The number of carbonyl (C=O) groups is 2. The number of benzene rings is 1. The first-order chi connectivity index (χ1) is 15.5. The fraction of sp³-hybridized carbons (Fsp3) is 0.400. The van der Waals surface area contributed by atoms with E-state index in [0.717, 1.165) is 29.8 Å². The first-order valence-electron chi connectivity index (χ1n) is 10.4. The fourth-order valence-electron chi connectivity index (χ4n) is 4.24. The van der Waals surface area contributed by atoms with Crippen molar-refractivity contribution >= 4 is 11.8 Å². The molecule has 1 aromatic carbocycles. The molecule has 1 fully saturated rings. The standard InChI is InChI=1S/C20H20F2N8O2/c21-15-5-4-13(10-16(15)22)30-17-3-1-2-14(17)19(24-30)20(32)28-8-6-27(7-9-28)18(31)11-29-12-23-25-26-29/h4-5,10,12H,1-3,6-9,11H2. The summed E-state index contributed by atoms with van der Waals surface area (Å²) >= 11 is 0. The number of tetrazole rings is 1. The second kappa shape index (κ2) is 8.09. The second-order valence-corrected chi connectivity index (χ2v) is 7.82. The smallest absolute Gasteiger partial charge is 0.274 e. The number of rotatable bonds is 4. The maximum atomic E-state index is 13.8. The number of amides is 2. The molecule has 2 amide bonds. The number of aromatic nitrogens is 6. The molecule has 166 valence electrons. The van der Waals surface area contributed by atoms with Crippen LogP contribution in [0.2, 0.25) is 0 Å². The largest absolute Gasteiger partial charge is 0.338 e. The highest BCUT2D eigenvalue weighted by Crippen LogP contribution is 2.29. The van der Waals surface area contributed by atoms with Crippen LogP contribution in [0.4, 0.5) is 8.78 Å². The molecular weight excluding hydrogens is 422 g/mol. The van der Waals surface area contributed by atoms with Gasteiger partial charge in [-0.2, -0.15) is 5.10 Å². The Morgan fingerprint density at radius 3 is 2.50 bits per heavy atom. The van der Waals surface area contributed by atoms with Crippen LogP contribution in [0.25, 0.3) is 5.69 Å². The summed E-state index contributed by atoms with van der Waals surface area (Å²) in [6.45, 7) is 1.62. The monoisotopic (exact) mass is 442 g/mol. The molecule has 0 N–H and O–H groups in total. The lowest BCUT2D eigenvalue weighted by Crippen LogP contribution is -2.51. The molecule has 5 rings (SSSR count). The molecule has 0 spiro atoms. The SMILES string of the molecule is O=C(Cn1cnnn1)N1CCN(C(=O)c2nn(-c3ccc(F)c(F)c3)c3c2CCC3)CC1. The maximum absolute atomic E-state index is 13.8. The Morgan fingerprint density at radius 1 is 1.00 bits per heavy atom. The number of hydrogen-bond donors (Lipinski definition) is 0. The van der Waals surface area contributed by atoms with Gasteiger partial charge in [-0.1, -0.05) is 0 Å². The van der Waals surface area contributed by atoms with E-state index < -0.39 is 11.6 Å². The van der Waals surface area contributed by atoms with Gasteiger partial charge in [0.15, 0.2) is 17.3 Å². The Bertz CT molecular complexity index is 1170. The van der Waals surface area contributed by atoms with E-state index in [1.807, 2.05) is 0 Å². The van der Waals surface area contributed by atoms with Crippen molar-refractivity contribution in [2.45, 2.75) is 25.8 Å². The maximum Gasteiger partial charge on any atom is 0.274 e. The third kappa shape index (κ3) is 3.61. The van der Waals surface area contributed by atoms with Crippen LogP contribution in [0.5, 0.6) is 0 Å². The topological polar surface area (TPSA) is 102 Å². The highest BCUT2D eigenvalue weighted by atomic mass is 19.2. The lowest BCUT2D eigenvalue weighted by atomic mass is 10.1. The van der Waals surface area contributed by atoms with Crippen molar-refractivity contribution in [3.63, 3.8) is 0 Å². The number of halogens is 2. The second-order valence-electron chi connectivity index (χ2n) is 7.82. The quantitative estimate of drug-likeness (QED) is 0.587. The highest BCUT2D eigenvalue weighted by Gasteiger charge is 2.32. The molecule has 32 heavy (non-hydrogen) atoms. The van der Waals surface area contributed by atoms with Crippen molar-refractivity contribution < 1.29 is 18.4 Å². The third-order valence-electron chi connectivity index (χ3n) is 5.89. The molecule has 0 unspecified atom stereocenters. The van der Waals surface area contributed by atoms with Crippen molar-refractivity contribution in [3.05, 3.63) is 53.1 Å². The minimum Gasteiger partial charge on any atom is -0.338 e. The van der Waals surface area contributed by atoms with E-state index >= 15 is 0 Å². The Hall–Kier alpha value is -3.70. The number of piperazine rings is 1. The summed E-state index contributed by atoms with van der Waals surface area (Å²) < 4.78 is 30.0. The fourth-order valence-corrected chi connectivity index (χ4v) is 4.24. The number of nitrogens with zero attached hydrogens (tertiary/aromatic N) is 8. The van der Waals surface area contributed by atoms with Gasteiger partial charge in [0, 0.05) is 43.5 Å².